The van der Waals surface area contributed by atoms with Crippen LogP contribution in [0.4, 0.5) is 0 Å². The highest BCUT2D eigenvalue weighted by Gasteiger charge is 2.60. The first kappa shape index (κ1) is 31.8. The molecule has 0 aromatic rings. The van der Waals surface area contributed by atoms with E-state index in [-0.39, 0.29) is 35.5 Å². The smallest absolute Gasteiger partial charge is 0.230 e. The molecule has 4 bridgehead atoms. The van der Waals surface area contributed by atoms with Gasteiger partial charge in [0, 0.05) is 13.1 Å². The van der Waals surface area contributed by atoms with Crippen molar-refractivity contribution in [2.45, 2.75) is 63.6 Å². The average Bonchev–Trinajstić information content (AvgIpc) is 3.65. The van der Waals surface area contributed by atoms with Crippen LogP contribution in [-0.4, -0.2) is 110 Å². The Bertz CT molecular complexity index is 886. The summed E-state index contributed by atoms with van der Waals surface area (Å²) in [5.41, 5.74) is 0. The number of carbonyl (C=O) groups excluding carboxylic acids is 4. The van der Waals surface area contributed by atoms with E-state index in [2.05, 4.69) is 25.8 Å². The van der Waals surface area contributed by atoms with Gasteiger partial charge in [-0.25, -0.2) is 0 Å². The van der Waals surface area contributed by atoms with Crippen molar-refractivity contribution in [1.29, 1.82) is 0 Å². The van der Waals surface area contributed by atoms with Crippen LogP contribution >= 0.6 is 0 Å². The Morgan fingerprint density at radius 3 is 1.34 bits per heavy atom. The second kappa shape index (κ2) is 13.9. The monoisotopic (exact) mass is 577 g/mol. The number of imide groups is 1. The molecule has 4 amide bonds. The summed E-state index contributed by atoms with van der Waals surface area (Å²) < 4.78 is 0. The molecule has 4 aliphatic rings. The van der Waals surface area contributed by atoms with E-state index in [0.29, 0.717) is 38.8 Å². The van der Waals surface area contributed by atoms with E-state index >= 15 is 0 Å². The van der Waals surface area contributed by atoms with E-state index in [4.69, 9.17) is 0 Å². The number of hydrogen-bond donors (Lipinski definition) is 5. The van der Waals surface area contributed by atoms with Gasteiger partial charge in [0.25, 0.3) is 0 Å². The van der Waals surface area contributed by atoms with Gasteiger partial charge in [0.2, 0.25) is 23.6 Å². The Morgan fingerprint density at radius 1 is 0.585 bits per heavy atom. The molecule has 41 heavy (non-hydrogen) atoms. The Hall–Kier alpha value is -2.08. The zero-order valence-electron chi connectivity index (χ0n) is 25.2. The molecule has 0 aromatic carbocycles. The number of rotatable bonds is 14. The highest BCUT2D eigenvalue weighted by molar-refractivity contribution is 6.01. The molecule has 0 spiro atoms. The highest BCUT2D eigenvalue weighted by atomic mass is 16.3. The number of unbranched alkanes of at least 4 members (excludes halogenated alkanes) is 2. The molecule has 10 atom stereocenters. The standard InChI is InChI=1S/C30H51N5O6/c1-34(2)11-7-5-9-31-27(38)23-17-13-19(21(36)15-17)25(23)29(40)33-30(41)26-20-14-18(16-22(20)37)24(26)28(39)32-10-6-8-12-35(3)4/h17-26,36-37H,5-16H2,1-4H3,(H,31,38)(H,32,39)(H,33,40,41). The highest BCUT2D eigenvalue weighted by Crippen LogP contribution is 2.54. The first-order chi connectivity index (χ1) is 19.5. The van der Waals surface area contributed by atoms with Crippen molar-refractivity contribution in [1.82, 2.24) is 25.8 Å². The summed E-state index contributed by atoms with van der Waals surface area (Å²) in [5, 5.41) is 29.7. The molecule has 0 saturated heterocycles. The van der Waals surface area contributed by atoms with Crippen molar-refractivity contribution in [3.05, 3.63) is 0 Å². The van der Waals surface area contributed by atoms with Crippen LogP contribution in [-0.2, 0) is 19.2 Å². The third kappa shape index (κ3) is 7.29. The van der Waals surface area contributed by atoms with Gasteiger partial charge in [-0.2, -0.15) is 0 Å². The van der Waals surface area contributed by atoms with Crippen molar-refractivity contribution in [2.24, 2.45) is 47.3 Å². The largest absolute Gasteiger partial charge is 0.393 e. The minimum Gasteiger partial charge on any atom is -0.393 e. The molecule has 232 valence electrons. The fourth-order valence-corrected chi connectivity index (χ4v) is 8.18. The summed E-state index contributed by atoms with van der Waals surface area (Å²) in [5.74, 6) is -5.17. The quantitative estimate of drug-likeness (QED) is 0.141. The van der Waals surface area contributed by atoms with Crippen LogP contribution in [0.5, 0.6) is 0 Å². The molecule has 4 fully saturated rings. The Labute approximate surface area is 244 Å². The van der Waals surface area contributed by atoms with Gasteiger partial charge in [-0.15, -0.1) is 0 Å². The minimum absolute atomic E-state index is 0.0991. The van der Waals surface area contributed by atoms with Crippen molar-refractivity contribution < 1.29 is 29.4 Å². The fraction of sp³-hybridized carbons (Fsp3) is 0.867. The van der Waals surface area contributed by atoms with E-state index in [1.807, 2.05) is 28.2 Å². The van der Waals surface area contributed by atoms with Crippen LogP contribution in [0.3, 0.4) is 0 Å². The average molecular weight is 578 g/mol. The molecule has 0 heterocycles. The second-order valence-electron chi connectivity index (χ2n) is 13.5. The number of nitrogens with zero attached hydrogens (tertiary/aromatic N) is 2. The minimum atomic E-state index is -0.790. The summed E-state index contributed by atoms with van der Waals surface area (Å²) in [6.45, 7) is 2.89. The number of hydrogen-bond acceptors (Lipinski definition) is 8. The Kier molecular flexibility index (Phi) is 10.8. The van der Waals surface area contributed by atoms with Gasteiger partial charge in [-0.3, -0.25) is 24.5 Å². The number of aliphatic hydroxyl groups excluding tert-OH is 2. The van der Waals surface area contributed by atoms with Gasteiger partial charge in [0.15, 0.2) is 0 Å². The molecule has 11 heteroatoms. The summed E-state index contributed by atoms with van der Waals surface area (Å²) in [4.78, 5) is 57.8. The molecular weight excluding hydrogens is 526 g/mol. The van der Waals surface area contributed by atoms with Crippen molar-refractivity contribution in [2.75, 3.05) is 54.4 Å². The van der Waals surface area contributed by atoms with E-state index in [1.54, 1.807) is 0 Å². The molecule has 11 nitrogen and oxygen atoms in total. The molecule has 10 unspecified atom stereocenters. The van der Waals surface area contributed by atoms with Gasteiger partial charge in [0.1, 0.15) is 0 Å². The van der Waals surface area contributed by atoms with Gasteiger partial charge in [-0.1, -0.05) is 0 Å². The maximum atomic E-state index is 13.6. The third-order valence-corrected chi connectivity index (χ3v) is 10.1. The lowest BCUT2D eigenvalue weighted by atomic mass is 9.75. The van der Waals surface area contributed by atoms with Crippen LogP contribution in [0.1, 0.15) is 51.4 Å². The summed E-state index contributed by atoms with van der Waals surface area (Å²) >= 11 is 0. The SMILES string of the molecule is CN(C)CCCCNC(=O)C1C2CC(O)C(C2)C1C(=O)NC(=O)C1C2CC(CC2O)C1C(=O)NCCCCN(C)C. The number of fused-ring (bicyclic) bond motifs is 4. The first-order valence-corrected chi connectivity index (χ1v) is 15.5. The summed E-state index contributed by atoms with van der Waals surface area (Å²) in [6, 6.07) is 0. The molecule has 4 aliphatic carbocycles. The second-order valence-corrected chi connectivity index (χ2v) is 13.5. The zero-order chi connectivity index (χ0) is 29.8. The van der Waals surface area contributed by atoms with Gasteiger partial charge < -0.3 is 30.6 Å². The molecule has 4 saturated carbocycles. The maximum absolute atomic E-state index is 13.6. The lowest BCUT2D eigenvalue weighted by Gasteiger charge is -2.34. The van der Waals surface area contributed by atoms with E-state index < -0.39 is 47.7 Å². The molecule has 0 radical (unpaired) electrons. The van der Waals surface area contributed by atoms with Gasteiger partial charge >= 0.3 is 0 Å². The molecule has 4 rings (SSSR count). The van der Waals surface area contributed by atoms with E-state index in [1.165, 1.54) is 0 Å². The predicted molar refractivity (Wildman–Crippen MR) is 153 cm³/mol. The molecular formula is C30H51N5O6. The van der Waals surface area contributed by atoms with Gasteiger partial charge in [-0.05, 0) is 116 Å². The summed E-state index contributed by atoms with van der Waals surface area (Å²) in [7, 11) is 8.01. The number of nitrogens with one attached hydrogen (secondary N) is 3. The molecule has 5 N–H and O–H groups in total. The zero-order valence-corrected chi connectivity index (χ0v) is 25.2. The van der Waals surface area contributed by atoms with Crippen LogP contribution in [0.25, 0.3) is 0 Å². The lowest BCUT2D eigenvalue weighted by Crippen LogP contribution is -2.53. The van der Waals surface area contributed by atoms with Crippen molar-refractivity contribution >= 4 is 23.6 Å². The fourth-order valence-electron chi connectivity index (χ4n) is 8.18. The third-order valence-electron chi connectivity index (χ3n) is 10.1. The van der Waals surface area contributed by atoms with E-state index in [9.17, 15) is 29.4 Å². The van der Waals surface area contributed by atoms with Crippen LogP contribution in [0.2, 0.25) is 0 Å². The topological polar surface area (TPSA) is 151 Å². The summed E-state index contributed by atoms with van der Waals surface area (Å²) in [6.07, 6.45) is 4.32. The first-order valence-electron chi connectivity index (χ1n) is 15.5. The van der Waals surface area contributed by atoms with Crippen LogP contribution in [0.15, 0.2) is 0 Å². The Morgan fingerprint density at radius 2 is 0.976 bits per heavy atom. The maximum Gasteiger partial charge on any atom is 0.230 e. The normalized spacial score (nSPS) is 35.3. The van der Waals surface area contributed by atoms with E-state index in [0.717, 1.165) is 38.8 Å². The predicted octanol–water partition coefficient (Wildman–Crippen LogP) is -0.189. The van der Waals surface area contributed by atoms with Crippen molar-refractivity contribution in [3.63, 3.8) is 0 Å². The molecule has 0 aromatic heterocycles. The molecule has 0 aliphatic heterocycles. The number of aliphatic hydroxyl groups is 2. The number of amides is 4. The van der Waals surface area contributed by atoms with Gasteiger partial charge in [0.05, 0.1) is 35.9 Å². The Balaban J connectivity index is 1.37. The van der Waals surface area contributed by atoms with Crippen molar-refractivity contribution in [3.8, 4) is 0 Å². The lowest BCUT2D eigenvalue weighted by molar-refractivity contribution is -0.147. The van der Waals surface area contributed by atoms with Crippen LogP contribution < -0.4 is 16.0 Å². The number of carbonyl (C=O) groups is 4. The van der Waals surface area contributed by atoms with Crippen LogP contribution in [0, 0.1) is 47.3 Å².